The molecule has 3 aromatic carbocycles. The van der Waals surface area contributed by atoms with Crippen molar-refractivity contribution >= 4 is 11.5 Å². The number of aromatic nitrogens is 2. The van der Waals surface area contributed by atoms with Gasteiger partial charge in [0.25, 0.3) is 0 Å². The van der Waals surface area contributed by atoms with E-state index in [0.717, 1.165) is 34.2 Å². The average molecular weight is 369 g/mol. The van der Waals surface area contributed by atoms with Gasteiger partial charge in [0.2, 0.25) is 0 Å². The van der Waals surface area contributed by atoms with E-state index in [4.69, 9.17) is 9.47 Å². The summed E-state index contributed by atoms with van der Waals surface area (Å²) in [4.78, 5) is 8.68. The van der Waals surface area contributed by atoms with Crippen LogP contribution in [-0.2, 0) is 0 Å². The third-order valence-electron chi connectivity index (χ3n) is 4.16. The summed E-state index contributed by atoms with van der Waals surface area (Å²) in [7, 11) is 1.65. The van der Waals surface area contributed by atoms with E-state index in [2.05, 4.69) is 15.3 Å². The van der Waals surface area contributed by atoms with Crippen molar-refractivity contribution in [2.24, 2.45) is 0 Å². The van der Waals surface area contributed by atoms with Crippen molar-refractivity contribution in [1.82, 2.24) is 9.97 Å². The van der Waals surface area contributed by atoms with Crippen molar-refractivity contribution in [2.75, 3.05) is 12.4 Å². The molecular formula is C23H19N3O2. The molecule has 0 saturated carbocycles. The fraction of sp³-hybridized carbons (Fsp3) is 0.0435. The van der Waals surface area contributed by atoms with E-state index in [1.165, 1.54) is 6.33 Å². The van der Waals surface area contributed by atoms with E-state index in [9.17, 15) is 0 Å². The minimum absolute atomic E-state index is 0.702. The van der Waals surface area contributed by atoms with Crippen LogP contribution in [0.15, 0.2) is 91.3 Å². The lowest BCUT2D eigenvalue weighted by Crippen LogP contribution is -1.96. The third-order valence-corrected chi connectivity index (χ3v) is 4.16. The van der Waals surface area contributed by atoms with Gasteiger partial charge in [-0.15, -0.1) is 0 Å². The molecule has 0 spiro atoms. The van der Waals surface area contributed by atoms with Crippen LogP contribution in [0, 0.1) is 0 Å². The van der Waals surface area contributed by atoms with Crippen molar-refractivity contribution in [3.63, 3.8) is 0 Å². The smallest absolute Gasteiger partial charge is 0.134 e. The Morgan fingerprint density at radius 2 is 1.46 bits per heavy atom. The van der Waals surface area contributed by atoms with Gasteiger partial charge in [-0.25, -0.2) is 9.97 Å². The maximum atomic E-state index is 5.82. The molecule has 28 heavy (non-hydrogen) atoms. The number of hydrogen-bond acceptors (Lipinski definition) is 5. The lowest BCUT2D eigenvalue weighted by Gasteiger charge is -2.10. The molecule has 1 heterocycles. The minimum Gasteiger partial charge on any atom is -0.496 e. The summed E-state index contributed by atoms with van der Waals surface area (Å²) in [5.74, 6) is 3.05. The predicted molar refractivity (Wildman–Crippen MR) is 110 cm³/mol. The summed E-state index contributed by atoms with van der Waals surface area (Å²) in [5.41, 5.74) is 2.62. The minimum atomic E-state index is 0.702. The molecule has 0 radical (unpaired) electrons. The lowest BCUT2D eigenvalue weighted by atomic mass is 10.1. The zero-order chi connectivity index (χ0) is 19.2. The number of methoxy groups -OCH3 is 1. The molecule has 1 aromatic heterocycles. The molecule has 0 aliphatic heterocycles. The van der Waals surface area contributed by atoms with E-state index < -0.39 is 0 Å². The number of benzene rings is 3. The number of anilines is 2. The van der Waals surface area contributed by atoms with Gasteiger partial charge in [-0.1, -0.05) is 30.3 Å². The summed E-state index contributed by atoms with van der Waals surface area (Å²) in [6, 6.07) is 27.1. The topological polar surface area (TPSA) is 56.3 Å². The average Bonchev–Trinajstić information content (AvgIpc) is 2.76. The summed E-state index contributed by atoms with van der Waals surface area (Å²) in [5, 5.41) is 3.30. The van der Waals surface area contributed by atoms with Crippen molar-refractivity contribution in [2.45, 2.75) is 0 Å². The fourth-order valence-electron chi connectivity index (χ4n) is 2.81. The molecule has 0 bridgehead atoms. The second-order valence-corrected chi connectivity index (χ2v) is 6.05. The van der Waals surface area contributed by atoms with Crippen LogP contribution in [0.4, 0.5) is 11.5 Å². The summed E-state index contributed by atoms with van der Waals surface area (Å²) >= 11 is 0. The number of ether oxygens (including phenoxy) is 2. The van der Waals surface area contributed by atoms with Gasteiger partial charge in [0.05, 0.1) is 12.8 Å². The number of rotatable bonds is 6. The zero-order valence-electron chi connectivity index (χ0n) is 15.4. The molecule has 0 fully saturated rings. The fourth-order valence-corrected chi connectivity index (χ4v) is 2.81. The first-order valence-corrected chi connectivity index (χ1v) is 8.87. The normalized spacial score (nSPS) is 10.3. The molecule has 5 nitrogen and oxygen atoms in total. The quantitative estimate of drug-likeness (QED) is 0.473. The third kappa shape index (κ3) is 4.10. The molecular weight excluding hydrogens is 350 g/mol. The molecule has 0 amide bonds. The van der Waals surface area contributed by atoms with Gasteiger partial charge in [-0.2, -0.15) is 0 Å². The van der Waals surface area contributed by atoms with E-state index in [0.29, 0.717) is 5.82 Å². The summed E-state index contributed by atoms with van der Waals surface area (Å²) in [6.07, 6.45) is 1.54. The highest BCUT2D eigenvalue weighted by atomic mass is 16.5. The van der Waals surface area contributed by atoms with Crippen molar-refractivity contribution in [3.8, 4) is 28.5 Å². The Hall–Kier alpha value is -3.86. The Kier molecular flexibility index (Phi) is 5.15. The highest BCUT2D eigenvalue weighted by Crippen LogP contribution is 2.29. The maximum Gasteiger partial charge on any atom is 0.134 e. The Bertz CT molecular complexity index is 1050. The molecule has 4 rings (SSSR count). The number of para-hydroxylation sites is 2. The molecule has 4 aromatic rings. The van der Waals surface area contributed by atoms with Crippen molar-refractivity contribution in [1.29, 1.82) is 0 Å². The van der Waals surface area contributed by atoms with Crippen LogP contribution < -0.4 is 14.8 Å². The highest BCUT2D eigenvalue weighted by molar-refractivity contribution is 5.70. The van der Waals surface area contributed by atoms with Crippen LogP contribution in [0.2, 0.25) is 0 Å². The van der Waals surface area contributed by atoms with Crippen LogP contribution in [0.3, 0.4) is 0 Å². The summed E-state index contributed by atoms with van der Waals surface area (Å²) in [6.45, 7) is 0. The van der Waals surface area contributed by atoms with E-state index in [1.54, 1.807) is 7.11 Å². The first-order chi connectivity index (χ1) is 13.8. The van der Waals surface area contributed by atoms with E-state index in [-0.39, 0.29) is 0 Å². The molecule has 0 saturated heterocycles. The van der Waals surface area contributed by atoms with Gasteiger partial charge in [0.15, 0.2) is 0 Å². The Labute approximate surface area is 163 Å². The highest BCUT2D eigenvalue weighted by Gasteiger charge is 2.08. The van der Waals surface area contributed by atoms with Gasteiger partial charge in [0.1, 0.15) is 29.4 Å². The SMILES string of the molecule is COc1ccccc1-c1cc(Nc2ccc(Oc3ccccc3)cc2)ncn1. The molecule has 0 unspecified atom stereocenters. The molecule has 0 aliphatic carbocycles. The maximum absolute atomic E-state index is 5.82. The van der Waals surface area contributed by atoms with Crippen LogP contribution in [0.1, 0.15) is 0 Å². The molecule has 5 heteroatoms. The van der Waals surface area contributed by atoms with E-state index in [1.807, 2.05) is 84.9 Å². The predicted octanol–water partition coefficient (Wildman–Crippen LogP) is 5.69. The Morgan fingerprint density at radius 3 is 2.25 bits per heavy atom. The zero-order valence-corrected chi connectivity index (χ0v) is 15.4. The number of nitrogens with zero attached hydrogens (tertiary/aromatic N) is 2. The van der Waals surface area contributed by atoms with Gasteiger partial charge < -0.3 is 14.8 Å². The molecule has 138 valence electrons. The largest absolute Gasteiger partial charge is 0.496 e. The first-order valence-electron chi connectivity index (χ1n) is 8.87. The monoisotopic (exact) mass is 369 g/mol. The Morgan fingerprint density at radius 1 is 0.750 bits per heavy atom. The Balaban J connectivity index is 1.50. The van der Waals surface area contributed by atoms with Gasteiger partial charge in [0, 0.05) is 17.3 Å². The van der Waals surface area contributed by atoms with Crippen molar-refractivity contribution in [3.05, 3.63) is 91.3 Å². The van der Waals surface area contributed by atoms with Crippen LogP contribution >= 0.6 is 0 Å². The lowest BCUT2D eigenvalue weighted by molar-refractivity contribution is 0.416. The van der Waals surface area contributed by atoms with Crippen LogP contribution in [0.25, 0.3) is 11.3 Å². The van der Waals surface area contributed by atoms with Gasteiger partial charge >= 0.3 is 0 Å². The summed E-state index contributed by atoms with van der Waals surface area (Å²) < 4.78 is 11.2. The molecule has 0 atom stereocenters. The molecule has 0 aliphatic rings. The van der Waals surface area contributed by atoms with Crippen LogP contribution in [0.5, 0.6) is 17.2 Å². The van der Waals surface area contributed by atoms with Crippen LogP contribution in [-0.4, -0.2) is 17.1 Å². The second kappa shape index (κ2) is 8.22. The molecule has 1 N–H and O–H groups in total. The second-order valence-electron chi connectivity index (χ2n) is 6.05. The first kappa shape index (κ1) is 17.5. The van der Waals surface area contributed by atoms with Gasteiger partial charge in [-0.05, 0) is 48.5 Å². The van der Waals surface area contributed by atoms with Crippen molar-refractivity contribution < 1.29 is 9.47 Å². The standard InChI is InChI=1S/C23H19N3O2/c1-27-22-10-6-5-9-20(22)21-15-23(25-16-24-21)26-17-11-13-19(14-12-17)28-18-7-3-2-4-8-18/h2-16H,1H3,(H,24,25,26). The van der Waals surface area contributed by atoms with Gasteiger partial charge in [-0.3, -0.25) is 0 Å². The van der Waals surface area contributed by atoms with E-state index >= 15 is 0 Å². The number of hydrogen-bond donors (Lipinski definition) is 1. The number of nitrogens with one attached hydrogen (secondary N) is 1.